The third-order valence-corrected chi connectivity index (χ3v) is 4.45. The Kier molecular flexibility index (Phi) is 5.62. The largest absolute Gasteiger partial charge is 0.404 e. The zero-order chi connectivity index (χ0) is 20.3. The molecule has 0 bridgehead atoms. The van der Waals surface area contributed by atoms with Crippen molar-refractivity contribution in [2.45, 2.75) is 26.4 Å². The molecule has 0 amide bonds. The molecule has 3 aromatic rings. The van der Waals surface area contributed by atoms with E-state index in [9.17, 15) is 5.26 Å². The molecular weight excluding hydrogens is 374 g/mol. The number of halogens is 1. The number of nitrogen functional groups attached to an aromatic ring is 1. The fraction of sp³-hybridized carbons (Fsp3) is 0.200. The molecule has 4 N–H and O–H groups in total. The molecule has 2 heterocycles. The van der Waals surface area contributed by atoms with E-state index in [1.807, 2.05) is 26.0 Å². The maximum atomic E-state index is 9.94. The molecule has 3 rings (SSSR count). The minimum atomic E-state index is 0.134. The average Bonchev–Trinajstić information content (AvgIpc) is 3.00. The van der Waals surface area contributed by atoms with Gasteiger partial charge in [-0.3, -0.25) is 4.99 Å². The van der Waals surface area contributed by atoms with Crippen LogP contribution in [0.3, 0.4) is 0 Å². The van der Waals surface area contributed by atoms with Crippen LogP contribution in [-0.2, 0) is 6.54 Å². The van der Waals surface area contributed by atoms with Gasteiger partial charge in [0.05, 0.1) is 11.9 Å². The molecule has 0 radical (unpaired) electrons. The van der Waals surface area contributed by atoms with Crippen molar-refractivity contribution in [1.29, 1.82) is 5.26 Å². The summed E-state index contributed by atoms with van der Waals surface area (Å²) in [6.45, 7) is 4.28. The van der Waals surface area contributed by atoms with Gasteiger partial charge in [-0.05, 0) is 31.5 Å². The van der Waals surface area contributed by atoms with Gasteiger partial charge in [0.1, 0.15) is 29.6 Å². The van der Waals surface area contributed by atoms with E-state index in [2.05, 4.69) is 21.0 Å². The number of hydrogen-bond donors (Lipinski definition) is 2. The average molecular weight is 394 g/mol. The van der Waals surface area contributed by atoms with Crippen molar-refractivity contribution < 1.29 is 0 Å². The molecule has 142 valence electrons. The summed E-state index contributed by atoms with van der Waals surface area (Å²) in [7, 11) is 0. The number of aromatic nitrogens is 3. The van der Waals surface area contributed by atoms with Crippen LogP contribution in [0.4, 0.5) is 5.82 Å². The normalized spacial score (nSPS) is 12.2. The van der Waals surface area contributed by atoms with Crippen molar-refractivity contribution in [3.63, 3.8) is 0 Å². The molecule has 0 unspecified atom stereocenters. The van der Waals surface area contributed by atoms with Gasteiger partial charge in [0.15, 0.2) is 0 Å². The van der Waals surface area contributed by atoms with Crippen molar-refractivity contribution in [1.82, 2.24) is 14.5 Å². The lowest BCUT2D eigenvalue weighted by molar-refractivity contribution is 0.808. The van der Waals surface area contributed by atoms with Crippen LogP contribution in [0.15, 0.2) is 47.4 Å². The maximum absolute atomic E-state index is 9.94. The number of benzene rings is 1. The highest BCUT2D eigenvalue weighted by Gasteiger charge is 2.22. The number of rotatable bonds is 5. The van der Waals surface area contributed by atoms with Crippen molar-refractivity contribution in [3.8, 4) is 17.2 Å². The lowest BCUT2D eigenvalue weighted by Crippen LogP contribution is -2.08. The van der Waals surface area contributed by atoms with Crippen LogP contribution in [0.1, 0.15) is 19.5 Å². The first-order valence-corrected chi connectivity index (χ1v) is 9.06. The molecular formula is C20H20ClN7. The van der Waals surface area contributed by atoms with Gasteiger partial charge >= 0.3 is 0 Å². The van der Waals surface area contributed by atoms with Crippen molar-refractivity contribution >= 4 is 34.7 Å². The molecule has 0 aliphatic rings. The zero-order valence-electron chi connectivity index (χ0n) is 15.6. The highest BCUT2D eigenvalue weighted by molar-refractivity contribution is 6.30. The molecule has 0 saturated carbocycles. The van der Waals surface area contributed by atoms with E-state index in [1.165, 1.54) is 12.5 Å². The molecule has 0 fully saturated rings. The third-order valence-electron chi connectivity index (χ3n) is 4.20. The van der Waals surface area contributed by atoms with Gasteiger partial charge in [0.2, 0.25) is 0 Å². The van der Waals surface area contributed by atoms with Crippen molar-refractivity contribution in [2.75, 3.05) is 5.73 Å². The van der Waals surface area contributed by atoms with Gasteiger partial charge in [-0.15, -0.1) is 0 Å². The Hall–Kier alpha value is -3.37. The topological polar surface area (TPSA) is 119 Å². The van der Waals surface area contributed by atoms with Crippen LogP contribution in [0.25, 0.3) is 22.2 Å². The van der Waals surface area contributed by atoms with Crippen LogP contribution in [0.2, 0.25) is 5.02 Å². The number of anilines is 1. The third kappa shape index (κ3) is 3.68. The lowest BCUT2D eigenvalue weighted by Gasteiger charge is -2.08. The minimum absolute atomic E-state index is 0.134. The van der Waals surface area contributed by atoms with Crippen molar-refractivity contribution in [3.05, 3.63) is 53.1 Å². The first-order chi connectivity index (χ1) is 13.5. The number of fused-ring (bicyclic) bond motifs is 1. The van der Waals surface area contributed by atoms with E-state index >= 15 is 0 Å². The van der Waals surface area contributed by atoms with Gasteiger partial charge in [-0.1, -0.05) is 23.7 Å². The molecule has 7 nitrogen and oxygen atoms in total. The summed E-state index contributed by atoms with van der Waals surface area (Å²) < 4.78 is 1.78. The van der Waals surface area contributed by atoms with Crippen LogP contribution < -0.4 is 11.5 Å². The van der Waals surface area contributed by atoms with Crippen LogP contribution >= 0.6 is 11.6 Å². The fourth-order valence-corrected chi connectivity index (χ4v) is 3.05. The molecule has 8 heteroatoms. The number of hydrogen-bond acceptors (Lipinski definition) is 6. The quantitative estimate of drug-likeness (QED) is 0.642. The first kappa shape index (κ1) is 19.4. The van der Waals surface area contributed by atoms with Crippen LogP contribution in [0, 0.1) is 11.3 Å². The van der Waals surface area contributed by atoms with E-state index < -0.39 is 0 Å². The van der Waals surface area contributed by atoms with Gasteiger partial charge in [0.25, 0.3) is 0 Å². The van der Waals surface area contributed by atoms with Gasteiger partial charge in [-0.2, -0.15) is 5.26 Å². The Balaban J connectivity index is 2.25. The Morgan fingerprint density at radius 3 is 2.64 bits per heavy atom. The predicted octanol–water partition coefficient (Wildman–Crippen LogP) is 3.53. The van der Waals surface area contributed by atoms with E-state index in [1.54, 1.807) is 22.9 Å². The smallest absolute Gasteiger partial charge is 0.147 e. The van der Waals surface area contributed by atoms with E-state index in [0.29, 0.717) is 39.7 Å². The molecule has 0 aliphatic carbocycles. The molecule has 0 atom stereocenters. The summed E-state index contributed by atoms with van der Waals surface area (Å²) in [5.74, 6) is 0.305. The summed E-state index contributed by atoms with van der Waals surface area (Å²) in [5, 5.41) is 11.2. The van der Waals surface area contributed by atoms with Crippen LogP contribution in [-0.4, -0.2) is 26.8 Å². The molecule has 0 spiro atoms. The molecule has 2 aromatic heterocycles. The second-order valence-electron chi connectivity index (χ2n) is 6.50. The summed E-state index contributed by atoms with van der Waals surface area (Å²) in [4.78, 5) is 12.9. The summed E-state index contributed by atoms with van der Waals surface area (Å²) in [5.41, 5.74) is 15.2. The highest BCUT2D eigenvalue weighted by Crippen LogP contribution is 2.37. The minimum Gasteiger partial charge on any atom is -0.404 e. The van der Waals surface area contributed by atoms with Gasteiger partial charge in [-0.25, -0.2) is 9.97 Å². The predicted molar refractivity (Wildman–Crippen MR) is 113 cm³/mol. The summed E-state index contributed by atoms with van der Waals surface area (Å²) >= 11 is 6.02. The second kappa shape index (κ2) is 8.11. The van der Waals surface area contributed by atoms with E-state index in [4.69, 9.17) is 23.1 Å². The second-order valence-corrected chi connectivity index (χ2v) is 6.94. The number of allylic oxidation sites excluding steroid dienone is 1. The first-order valence-electron chi connectivity index (χ1n) is 8.69. The Labute approximate surface area is 168 Å². The monoisotopic (exact) mass is 393 g/mol. The SMILES string of the molecule is CC(C)N=CC(=CN)Cn1c(C#N)c(-c2ccc(Cl)cc2)c2c(N)ncnc21. The summed E-state index contributed by atoms with van der Waals surface area (Å²) in [6, 6.07) is 9.63. The van der Waals surface area contributed by atoms with E-state index in [0.717, 1.165) is 11.1 Å². The molecule has 1 aromatic carbocycles. The standard InChI is InChI=1S/C20H20ClN7/c1-12(2)25-9-13(7-22)10-28-16(8-23)17(14-3-5-15(21)6-4-14)18-19(24)26-11-27-20(18)28/h3-7,9,11-12H,10,22H2,1-2H3,(H2,24,26,27). The van der Waals surface area contributed by atoms with Gasteiger partial charge in [0, 0.05) is 34.6 Å². The number of nitrogens with two attached hydrogens (primary N) is 2. The molecule has 0 aliphatic heterocycles. The zero-order valence-corrected chi connectivity index (χ0v) is 16.4. The maximum Gasteiger partial charge on any atom is 0.147 e. The number of nitrogens with zero attached hydrogens (tertiary/aromatic N) is 5. The number of nitriles is 1. The number of aliphatic imine (C=N–C) groups is 1. The van der Waals surface area contributed by atoms with Crippen molar-refractivity contribution in [2.24, 2.45) is 10.7 Å². The summed E-state index contributed by atoms with van der Waals surface area (Å²) in [6.07, 6.45) is 4.57. The van der Waals surface area contributed by atoms with E-state index in [-0.39, 0.29) is 6.04 Å². The Morgan fingerprint density at radius 1 is 1.32 bits per heavy atom. The lowest BCUT2D eigenvalue weighted by atomic mass is 10.0. The fourth-order valence-electron chi connectivity index (χ4n) is 2.92. The Morgan fingerprint density at radius 2 is 2.04 bits per heavy atom. The molecule has 28 heavy (non-hydrogen) atoms. The Bertz CT molecular complexity index is 1100. The molecule has 0 saturated heterocycles. The van der Waals surface area contributed by atoms with Crippen LogP contribution in [0.5, 0.6) is 0 Å². The highest BCUT2D eigenvalue weighted by atomic mass is 35.5. The van der Waals surface area contributed by atoms with Gasteiger partial charge < -0.3 is 16.0 Å².